The van der Waals surface area contributed by atoms with Crippen LogP contribution >= 0.6 is 0 Å². The van der Waals surface area contributed by atoms with Crippen LogP contribution in [0.2, 0.25) is 0 Å². The zero-order valence-corrected chi connectivity index (χ0v) is 9.13. The van der Waals surface area contributed by atoms with Crippen LogP contribution in [0.5, 0.6) is 0 Å². The summed E-state index contributed by atoms with van der Waals surface area (Å²) in [6, 6.07) is 0. The monoisotopic (exact) mass is 194 g/mol. The Kier molecular flexibility index (Phi) is 2.35. The summed E-state index contributed by atoms with van der Waals surface area (Å²) in [6.07, 6.45) is 2.90. The summed E-state index contributed by atoms with van der Waals surface area (Å²) >= 11 is 0. The largest absolute Gasteiger partial charge is 0.445 e. The molecule has 3 nitrogen and oxygen atoms in total. The van der Waals surface area contributed by atoms with Gasteiger partial charge in [0.15, 0.2) is 5.89 Å². The smallest absolute Gasteiger partial charge is 0.199 e. The Morgan fingerprint density at radius 2 is 2.21 bits per heavy atom. The van der Waals surface area contributed by atoms with Crippen molar-refractivity contribution < 1.29 is 4.42 Å². The van der Waals surface area contributed by atoms with Crippen LogP contribution < -0.4 is 5.32 Å². The maximum absolute atomic E-state index is 5.72. The van der Waals surface area contributed by atoms with Gasteiger partial charge in [-0.25, -0.2) is 4.98 Å². The Bertz CT molecular complexity index is 307. The van der Waals surface area contributed by atoms with Gasteiger partial charge in [-0.15, -0.1) is 0 Å². The molecule has 2 heterocycles. The van der Waals surface area contributed by atoms with E-state index in [-0.39, 0.29) is 5.41 Å². The number of aromatic nitrogens is 1. The van der Waals surface area contributed by atoms with Crippen LogP contribution in [-0.4, -0.2) is 18.1 Å². The second-order valence-corrected chi connectivity index (χ2v) is 5.11. The molecular weight excluding hydrogens is 176 g/mol. The lowest BCUT2D eigenvalue weighted by Crippen LogP contribution is -2.42. The van der Waals surface area contributed by atoms with E-state index in [1.54, 1.807) is 0 Å². The first-order chi connectivity index (χ1) is 6.55. The molecule has 1 fully saturated rings. The van der Waals surface area contributed by atoms with Crippen molar-refractivity contribution in [2.24, 2.45) is 5.92 Å². The zero-order chi connectivity index (χ0) is 10.2. The molecule has 0 radical (unpaired) electrons. The van der Waals surface area contributed by atoms with E-state index in [1.165, 1.54) is 0 Å². The van der Waals surface area contributed by atoms with Gasteiger partial charge in [0, 0.05) is 11.8 Å². The third-order valence-electron chi connectivity index (χ3n) is 2.55. The van der Waals surface area contributed by atoms with Crippen molar-refractivity contribution in [2.75, 3.05) is 13.1 Å². The van der Waals surface area contributed by atoms with Gasteiger partial charge in [-0.1, -0.05) is 20.8 Å². The zero-order valence-electron chi connectivity index (χ0n) is 9.13. The van der Waals surface area contributed by atoms with E-state index in [1.807, 2.05) is 6.20 Å². The molecule has 1 aromatic rings. The standard InChI is InChI=1S/C11H18N2O/c1-11(2,3)10-13-7-9(14-10)4-8-5-12-6-8/h7-8,12H,4-6H2,1-3H3. The highest BCUT2D eigenvalue weighted by Gasteiger charge is 2.23. The van der Waals surface area contributed by atoms with Crippen molar-refractivity contribution in [3.8, 4) is 0 Å². The van der Waals surface area contributed by atoms with E-state index in [0.29, 0.717) is 0 Å². The molecule has 3 heteroatoms. The number of hydrogen-bond donors (Lipinski definition) is 1. The fourth-order valence-electron chi connectivity index (χ4n) is 1.53. The first-order valence-electron chi connectivity index (χ1n) is 5.21. The molecular formula is C11H18N2O. The first kappa shape index (κ1) is 9.71. The lowest BCUT2D eigenvalue weighted by Gasteiger charge is -2.25. The highest BCUT2D eigenvalue weighted by molar-refractivity contribution is 5.03. The summed E-state index contributed by atoms with van der Waals surface area (Å²) in [7, 11) is 0. The molecule has 0 unspecified atom stereocenters. The van der Waals surface area contributed by atoms with E-state index in [9.17, 15) is 0 Å². The molecule has 1 saturated heterocycles. The summed E-state index contributed by atoms with van der Waals surface area (Å²) < 4.78 is 5.72. The Labute approximate surface area is 84.9 Å². The van der Waals surface area contributed by atoms with Crippen molar-refractivity contribution in [1.82, 2.24) is 10.3 Å². The number of hydrogen-bond acceptors (Lipinski definition) is 3. The molecule has 78 valence electrons. The Hall–Kier alpha value is -0.830. The number of nitrogens with one attached hydrogen (secondary N) is 1. The Morgan fingerprint density at radius 1 is 1.50 bits per heavy atom. The summed E-state index contributed by atoms with van der Waals surface area (Å²) in [5, 5.41) is 3.26. The molecule has 1 aromatic heterocycles. The molecule has 0 aliphatic carbocycles. The van der Waals surface area contributed by atoms with Gasteiger partial charge in [-0.3, -0.25) is 0 Å². The predicted molar refractivity (Wildman–Crippen MR) is 55.3 cm³/mol. The minimum Gasteiger partial charge on any atom is -0.445 e. The van der Waals surface area contributed by atoms with Crippen LogP contribution in [0.1, 0.15) is 32.4 Å². The topological polar surface area (TPSA) is 38.1 Å². The third-order valence-corrected chi connectivity index (χ3v) is 2.55. The van der Waals surface area contributed by atoms with Gasteiger partial charge in [0.1, 0.15) is 5.76 Å². The van der Waals surface area contributed by atoms with Crippen molar-refractivity contribution in [3.05, 3.63) is 17.8 Å². The lowest BCUT2D eigenvalue weighted by molar-refractivity contribution is 0.306. The third kappa shape index (κ3) is 1.98. The van der Waals surface area contributed by atoms with Gasteiger partial charge in [0.2, 0.25) is 0 Å². The second-order valence-electron chi connectivity index (χ2n) is 5.11. The van der Waals surface area contributed by atoms with E-state index in [0.717, 1.165) is 37.1 Å². The van der Waals surface area contributed by atoms with Crippen molar-refractivity contribution >= 4 is 0 Å². The SMILES string of the molecule is CC(C)(C)c1ncc(CC2CNC2)o1. The molecule has 0 aromatic carbocycles. The lowest BCUT2D eigenvalue weighted by atomic mass is 9.97. The first-order valence-corrected chi connectivity index (χ1v) is 5.21. The summed E-state index contributed by atoms with van der Waals surface area (Å²) in [6.45, 7) is 8.59. The molecule has 0 spiro atoms. The summed E-state index contributed by atoms with van der Waals surface area (Å²) in [5.74, 6) is 2.62. The van der Waals surface area contributed by atoms with Crippen LogP contribution in [0.25, 0.3) is 0 Å². The van der Waals surface area contributed by atoms with Crippen molar-refractivity contribution in [2.45, 2.75) is 32.6 Å². The average Bonchev–Trinajstić information content (AvgIpc) is 2.43. The number of rotatable bonds is 2. The second kappa shape index (κ2) is 3.39. The van der Waals surface area contributed by atoms with Gasteiger partial charge in [0.25, 0.3) is 0 Å². The summed E-state index contributed by atoms with van der Waals surface area (Å²) in [4.78, 5) is 4.31. The van der Waals surface area contributed by atoms with E-state index in [4.69, 9.17) is 4.42 Å². The Balaban J connectivity index is 2.02. The van der Waals surface area contributed by atoms with Gasteiger partial charge >= 0.3 is 0 Å². The molecule has 0 atom stereocenters. The van der Waals surface area contributed by atoms with Crippen molar-refractivity contribution in [1.29, 1.82) is 0 Å². The fourth-order valence-corrected chi connectivity index (χ4v) is 1.53. The van der Waals surface area contributed by atoms with Crippen LogP contribution in [0.3, 0.4) is 0 Å². The van der Waals surface area contributed by atoms with Crippen molar-refractivity contribution in [3.63, 3.8) is 0 Å². The van der Waals surface area contributed by atoms with Crippen LogP contribution in [-0.2, 0) is 11.8 Å². The number of oxazole rings is 1. The quantitative estimate of drug-likeness (QED) is 0.779. The highest BCUT2D eigenvalue weighted by atomic mass is 16.4. The maximum Gasteiger partial charge on any atom is 0.199 e. The van der Waals surface area contributed by atoms with Gasteiger partial charge in [-0.2, -0.15) is 0 Å². The molecule has 0 bridgehead atoms. The average molecular weight is 194 g/mol. The summed E-state index contributed by atoms with van der Waals surface area (Å²) in [5.41, 5.74) is 0.0239. The molecule has 14 heavy (non-hydrogen) atoms. The molecule has 0 amide bonds. The van der Waals surface area contributed by atoms with Gasteiger partial charge in [-0.05, 0) is 19.0 Å². The van der Waals surface area contributed by atoms with Gasteiger partial charge in [0.05, 0.1) is 6.20 Å². The fraction of sp³-hybridized carbons (Fsp3) is 0.727. The van der Waals surface area contributed by atoms with Crippen LogP contribution in [0.15, 0.2) is 10.6 Å². The normalized spacial score (nSPS) is 18.2. The highest BCUT2D eigenvalue weighted by Crippen LogP contribution is 2.23. The van der Waals surface area contributed by atoms with Crippen LogP contribution in [0.4, 0.5) is 0 Å². The van der Waals surface area contributed by atoms with E-state index in [2.05, 4.69) is 31.1 Å². The van der Waals surface area contributed by atoms with E-state index >= 15 is 0 Å². The van der Waals surface area contributed by atoms with E-state index < -0.39 is 0 Å². The Morgan fingerprint density at radius 3 is 2.64 bits per heavy atom. The molecule has 1 N–H and O–H groups in total. The minimum atomic E-state index is 0.0239. The minimum absolute atomic E-state index is 0.0239. The molecule has 1 aliphatic rings. The van der Waals surface area contributed by atoms with Gasteiger partial charge < -0.3 is 9.73 Å². The molecule has 0 saturated carbocycles. The molecule has 1 aliphatic heterocycles. The molecule has 2 rings (SSSR count). The maximum atomic E-state index is 5.72. The predicted octanol–water partition coefficient (Wildman–Crippen LogP) is 1.73. The van der Waals surface area contributed by atoms with Crippen LogP contribution in [0, 0.1) is 5.92 Å². The number of nitrogens with zero attached hydrogens (tertiary/aromatic N) is 1.